The van der Waals surface area contributed by atoms with Crippen LogP contribution in [0.2, 0.25) is 10.0 Å². The second-order valence-electron chi connectivity index (χ2n) is 6.15. The monoisotopic (exact) mass is 446 g/mol. The van der Waals surface area contributed by atoms with Gasteiger partial charge in [0, 0.05) is 5.02 Å². The molecule has 1 amide bonds. The molecule has 0 aliphatic carbocycles. The van der Waals surface area contributed by atoms with Crippen LogP contribution in [0, 0.1) is 5.82 Å². The number of carbonyl (C=O) groups is 1. The van der Waals surface area contributed by atoms with Crippen molar-refractivity contribution >= 4 is 35.3 Å². The number of amides is 1. The molecule has 0 aliphatic heterocycles. The molecule has 8 heteroatoms. The van der Waals surface area contributed by atoms with Crippen LogP contribution in [0.5, 0.6) is 11.5 Å². The van der Waals surface area contributed by atoms with Gasteiger partial charge < -0.3 is 9.47 Å². The second-order valence-corrected chi connectivity index (χ2v) is 6.99. The molecule has 0 aromatic heterocycles. The van der Waals surface area contributed by atoms with Crippen molar-refractivity contribution in [1.82, 2.24) is 5.43 Å². The third kappa shape index (κ3) is 5.72. The van der Waals surface area contributed by atoms with Crippen LogP contribution in [0.1, 0.15) is 21.5 Å². The van der Waals surface area contributed by atoms with Gasteiger partial charge in [0.2, 0.25) is 0 Å². The van der Waals surface area contributed by atoms with Crippen LogP contribution < -0.4 is 14.9 Å². The highest BCUT2D eigenvalue weighted by atomic mass is 35.5. The lowest BCUT2D eigenvalue weighted by atomic mass is 10.2. The first-order valence-corrected chi connectivity index (χ1v) is 9.55. The van der Waals surface area contributed by atoms with Crippen LogP contribution in [-0.2, 0) is 6.61 Å². The molecule has 0 radical (unpaired) electrons. The van der Waals surface area contributed by atoms with E-state index in [-0.39, 0.29) is 23.0 Å². The summed E-state index contributed by atoms with van der Waals surface area (Å²) in [7, 11) is 1.52. The van der Waals surface area contributed by atoms with Crippen molar-refractivity contribution < 1.29 is 18.7 Å². The number of rotatable bonds is 7. The Balaban J connectivity index is 1.63. The molecular weight excluding hydrogens is 430 g/mol. The quantitative estimate of drug-likeness (QED) is 0.385. The second kappa shape index (κ2) is 10.1. The molecule has 0 unspecified atom stereocenters. The highest BCUT2D eigenvalue weighted by molar-refractivity contribution is 6.36. The lowest BCUT2D eigenvalue weighted by Crippen LogP contribution is -2.18. The van der Waals surface area contributed by atoms with Crippen LogP contribution in [0.15, 0.2) is 65.8 Å². The number of ether oxygens (including phenoxy) is 2. The van der Waals surface area contributed by atoms with Gasteiger partial charge in [-0.25, -0.2) is 9.82 Å². The van der Waals surface area contributed by atoms with E-state index in [4.69, 9.17) is 32.7 Å². The Bertz CT molecular complexity index is 1070. The number of nitrogens with one attached hydrogen (secondary N) is 1. The normalized spacial score (nSPS) is 10.8. The predicted octanol–water partition coefficient (Wildman–Crippen LogP) is 5.48. The molecule has 0 fully saturated rings. The summed E-state index contributed by atoms with van der Waals surface area (Å²) in [6, 6.07) is 15.8. The average Bonchev–Trinajstić information content (AvgIpc) is 2.73. The fourth-order valence-corrected chi connectivity index (χ4v) is 3.02. The molecule has 0 bridgehead atoms. The van der Waals surface area contributed by atoms with Crippen molar-refractivity contribution in [2.75, 3.05) is 7.11 Å². The molecule has 0 spiro atoms. The number of benzene rings is 3. The molecule has 0 atom stereocenters. The van der Waals surface area contributed by atoms with Gasteiger partial charge in [0.15, 0.2) is 11.5 Å². The molecule has 0 aliphatic rings. The molecule has 3 rings (SSSR count). The first kappa shape index (κ1) is 21.6. The van der Waals surface area contributed by atoms with Crippen molar-refractivity contribution in [2.45, 2.75) is 6.61 Å². The number of nitrogens with zero attached hydrogens (tertiary/aromatic N) is 1. The summed E-state index contributed by atoms with van der Waals surface area (Å²) < 4.78 is 24.1. The number of hydrogen-bond acceptors (Lipinski definition) is 4. The smallest absolute Gasteiger partial charge is 0.272 e. The summed E-state index contributed by atoms with van der Waals surface area (Å²) >= 11 is 11.8. The number of carbonyl (C=O) groups excluding carboxylic acids is 1. The van der Waals surface area contributed by atoms with E-state index in [1.807, 2.05) is 0 Å². The lowest BCUT2D eigenvalue weighted by Gasteiger charge is -2.11. The third-order valence-electron chi connectivity index (χ3n) is 4.05. The Hall–Kier alpha value is -3.09. The van der Waals surface area contributed by atoms with E-state index < -0.39 is 5.91 Å². The zero-order valence-electron chi connectivity index (χ0n) is 15.9. The number of methoxy groups -OCH3 is 1. The van der Waals surface area contributed by atoms with Crippen LogP contribution in [-0.4, -0.2) is 19.2 Å². The third-order valence-corrected chi connectivity index (χ3v) is 4.60. The van der Waals surface area contributed by atoms with Gasteiger partial charge in [-0.2, -0.15) is 5.10 Å². The van der Waals surface area contributed by atoms with Gasteiger partial charge >= 0.3 is 0 Å². The highest BCUT2D eigenvalue weighted by Gasteiger charge is 2.10. The summed E-state index contributed by atoms with van der Waals surface area (Å²) in [4.78, 5) is 12.2. The maximum absolute atomic E-state index is 13.0. The van der Waals surface area contributed by atoms with Crippen molar-refractivity contribution in [3.05, 3.63) is 93.2 Å². The Labute approximate surface area is 183 Å². The van der Waals surface area contributed by atoms with Gasteiger partial charge in [0.25, 0.3) is 5.91 Å². The molecule has 0 saturated carbocycles. The fraction of sp³-hybridized carbons (Fsp3) is 0.0909. The van der Waals surface area contributed by atoms with Gasteiger partial charge in [-0.15, -0.1) is 0 Å². The minimum atomic E-state index is -0.459. The SMILES string of the molecule is COc1cc(/C=N/NC(=O)c2ccc(Cl)cc2Cl)ccc1OCc1ccc(F)cc1. The van der Waals surface area contributed by atoms with Gasteiger partial charge in [-0.1, -0.05) is 35.3 Å². The number of hydrazone groups is 1. The Kier molecular flexibility index (Phi) is 7.27. The lowest BCUT2D eigenvalue weighted by molar-refractivity contribution is 0.0955. The van der Waals surface area contributed by atoms with Crippen LogP contribution in [0.3, 0.4) is 0 Å². The highest BCUT2D eigenvalue weighted by Crippen LogP contribution is 2.28. The van der Waals surface area contributed by atoms with E-state index in [0.29, 0.717) is 22.1 Å². The molecule has 3 aromatic rings. The van der Waals surface area contributed by atoms with E-state index in [1.165, 1.54) is 37.6 Å². The van der Waals surface area contributed by atoms with Crippen molar-refractivity contribution in [3.63, 3.8) is 0 Å². The van der Waals surface area contributed by atoms with E-state index in [2.05, 4.69) is 10.5 Å². The van der Waals surface area contributed by atoms with Crippen molar-refractivity contribution in [2.24, 2.45) is 5.10 Å². The molecule has 5 nitrogen and oxygen atoms in total. The van der Waals surface area contributed by atoms with Crippen molar-refractivity contribution in [1.29, 1.82) is 0 Å². The van der Waals surface area contributed by atoms with Crippen LogP contribution in [0.4, 0.5) is 4.39 Å². The van der Waals surface area contributed by atoms with E-state index in [0.717, 1.165) is 5.56 Å². The zero-order chi connectivity index (χ0) is 21.5. The van der Waals surface area contributed by atoms with E-state index in [1.54, 1.807) is 36.4 Å². The molecule has 0 saturated heterocycles. The Morgan fingerprint density at radius 2 is 1.83 bits per heavy atom. The summed E-state index contributed by atoms with van der Waals surface area (Å²) in [6.45, 7) is 0.266. The largest absolute Gasteiger partial charge is 0.493 e. The fourth-order valence-electron chi connectivity index (χ4n) is 2.52. The zero-order valence-corrected chi connectivity index (χ0v) is 17.4. The number of halogens is 3. The first-order chi connectivity index (χ1) is 14.5. The Morgan fingerprint density at radius 1 is 1.07 bits per heavy atom. The molecule has 1 N–H and O–H groups in total. The maximum atomic E-state index is 13.0. The van der Waals surface area contributed by atoms with Gasteiger partial charge in [-0.3, -0.25) is 4.79 Å². The summed E-state index contributed by atoms with van der Waals surface area (Å²) in [6.07, 6.45) is 1.47. The molecule has 3 aromatic carbocycles. The molecule has 30 heavy (non-hydrogen) atoms. The maximum Gasteiger partial charge on any atom is 0.272 e. The van der Waals surface area contributed by atoms with Gasteiger partial charge in [0.05, 0.1) is 23.9 Å². The Morgan fingerprint density at radius 3 is 2.53 bits per heavy atom. The molecule has 0 heterocycles. The molecular formula is C22H17Cl2FN2O3. The minimum Gasteiger partial charge on any atom is -0.493 e. The van der Waals surface area contributed by atoms with Crippen LogP contribution >= 0.6 is 23.2 Å². The number of hydrogen-bond donors (Lipinski definition) is 1. The average molecular weight is 447 g/mol. The summed E-state index contributed by atoms with van der Waals surface area (Å²) in [5.41, 5.74) is 4.19. The van der Waals surface area contributed by atoms with E-state index in [9.17, 15) is 9.18 Å². The van der Waals surface area contributed by atoms with Gasteiger partial charge in [0.1, 0.15) is 12.4 Å². The molecule has 154 valence electrons. The first-order valence-electron chi connectivity index (χ1n) is 8.80. The minimum absolute atomic E-state index is 0.236. The standard InChI is InChI=1S/C22H17Cl2FN2O3/c1-29-21-10-15(4-9-20(21)30-13-14-2-6-17(25)7-3-14)12-26-27-22(28)18-8-5-16(23)11-19(18)24/h2-12H,13H2,1H3,(H,27,28)/b26-12+. The van der Waals surface area contributed by atoms with Crippen LogP contribution in [0.25, 0.3) is 0 Å². The van der Waals surface area contributed by atoms with Gasteiger partial charge in [-0.05, 0) is 59.7 Å². The van der Waals surface area contributed by atoms with E-state index >= 15 is 0 Å². The predicted molar refractivity (Wildman–Crippen MR) is 115 cm³/mol. The summed E-state index contributed by atoms with van der Waals surface area (Å²) in [5.74, 6) is 0.258. The summed E-state index contributed by atoms with van der Waals surface area (Å²) in [5, 5.41) is 4.61. The van der Waals surface area contributed by atoms with Crippen molar-refractivity contribution in [3.8, 4) is 11.5 Å². The topological polar surface area (TPSA) is 59.9 Å².